The summed E-state index contributed by atoms with van der Waals surface area (Å²) in [5.74, 6) is -0.294. The number of nitrogens with two attached hydrogens (primary N) is 1. The molecule has 0 saturated heterocycles. The maximum atomic E-state index is 13.2. The highest BCUT2D eigenvalue weighted by atomic mass is 79.9. The van der Waals surface area contributed by atoms with Gasteiger partial charge in [0.1, 0.15) is 5.82 Å². The topological polar surface area (TPSA) is 26.0 Å². The number of hydrogen-bond acceptors (Lipinski definition) is 1. The third-order valence-electron chi connectivity index (χ3n) is 3.09. The first-order chi connectivity index (χ1) is 8.97. The molecule has 2 rings (SSSR count). The van der Waals surface area contributed by atoms with Crippen molar-refractivity contribution < 1.29 is 4.39 Å². The van der Waals surface area contributed by atoms with Gasteiger partial charge in [0, 0.05) is 15.5 Å². The standard InChI is InChI=1S/C15H14BrClFN/c1-9-2-3-11(16)8-13(9)15(19)7-10-6-12(18)4-5-14(10)17/h2-6,8,15H,7,19H2,1H3. The Hall–Kier alpha value is -0.900. The van der Waals surface area contributed by atoms with Crippen LogP contribution in [-0.4, -0.2) is 0 Å². The molecule has 4 heteroatoms. The fourth-order valence-electron chi connectivity index (χ4n) is 2.06. The van der Waals surface area contributed by atoms with E-state index in [-0.39, 0.29) is 11.9 Å². The van der Waals surface area contributed by atoms with Crippen LogP contribution in [-0.2, 0) is 6.42 Å². The van der Waals surface area contributed by atoms with E-state index in [1.165, 1.54) is 12.1 Å². The normalized spacial score (nSPS) is 12.5. The van der Waals surface area contributed by atoms with Crippen molar-refractivity contribution in [1.29, 1.82) is 0 Å². The molecular formula is C15H14BrClFN. The summed E-state index contributed by atoms with van der Waals surface area (Å²) in [6.45, 7) is 2.01. The van der Waals surface area contributed by atoms with Gasteiger partial charge in [0.05, 0.1) is 0 Å². The van der Waals surface area contributed by atoms with Crippen LogP contribution in [0.15, 0.2) is 40.9 Å². The molecule has 0 aliphatic heterocycles. The highest BCUT2D eigenvalue weighted by molar-refractivity contribution is 9.10. The molecule has 1 nitrogen and oxygen atoms in total. The Morgan fingerprint density at radius 3 is 2.74 bits per heavy atom. The maximum absolute atomic E-state index is 13.2. The van der Waals surface area contributed by atoms with Crippen molar-refractivity contribution in [2.24, 2.45) is 5.73 Å². The number of rotatable bonds is 3. The van der Waals surface area contributed by atoms with Crippen LogP contribution < -0.4 is 5.73 Å². The molecule has 100 valence electrons. The van der Waals surface area contributed by atoms with Gasteiger partial charge in [-0.3, -0.25) is 0 Å². The van der Waals surface area contributed by atoms with E-state index in [1.54, 1.807) is 6.07 Å². The molecule has 1 unspecified atom stereocenters. The summed E-state index contributed by atoms with van der Waals surface area (Å²) in [5, 5.41) is 0.546. The Labute approximate surface area is 125 Å². The highest BCUT2D eigenvalue weighted by Gasteiger charge is 2.13. The molecule has 2 aromatic rings. The summed E-state index contributed by atoms with van der Waals surface area (Å²) in [5.41, 5.74) is 9.09. The summed E-state index contributed by atoms with van der Waals surface area (Å²) >= 11 is 9.50. The van der Waals surface area contributed by atoms with E-state index in [2.05, 4.69) is 15.9 Å². The van der Waals surface area contributed by atoms with Crippen molar-refractivity contribution in [2.45, 2.75) is 19.4 Å². The minimum Gasteiger partial charge on any atom is -0.324 e. The molecule has 0 aromatic heterocycles. The Morgan fingerprint density at radius 2 is 2.00 bits per heavy atom. The number of halogens is 3. The molecule has 19 heavy (non-hydrogen) atoms. The van der Waals surface area contributed by atoms with Gasteiger partial charge in [-0.2, -0.15) is 0 Å². The van der Waals surface area contributed by atoms with E-state index in [0.29, 0.717) is 11.4 Å². The van der Waals surface area contributed by atoms with Crippen molar-refractivity contribution in [3.63, 3.8) is 0 Å². The van der Waals surface area contributed by atoms with Crippen molar-refractivity contribution in [1.82, 2.24) is 0 Å². The predicted octanol–water partition coefficient (Wildman–Crippen LogP) is 4.79. The van der Waals surface area contributed by atoms with Gasteiger partial charge in [-0.25, -0.2) is 4.39 Å². The van der Waals surface area contributed by atoms with Crippen LogP contribution in [0.4, 0.5) is 4.39 Å². The molecule has 0 aliphatic carbocycles. The van der Waals surface area contributed by atoms with E-state index < -0.39 is 0 Å². The maximum Gasteiger partial charge on any atom is 0.123 e. The summed E-state index contributed by atoms with van der Waals surface area (Å²) in [6, 6.07) is 10.1. The molecule has 0 fully saturated rings. The van der Waals surface area contributed by atoms with Crippen LogP contribution in [0.5, 0.6) is 0 Å². The molecular weight excluding hydrogens is 329 g/mol. The van der Waals surface area contributed by atoms with E-state index in [0.717, 1.165) is 21.2 Å². The third kappa shape index (κ3) is 3.56. The monoisotopic (exact) mass is 341 g/mol. The first-order valence-corrected chi connectivity index (χ1v) is 7.10. The third-order valence-corrected chi connectivity index (χ3v) is 3.95. The van der Waals surface area contributed by atoms with Crippen LogP contribution in [0.1, 0.15) is 22.7 Å². The average Bonchev–Trinajstić information content (AvgIpc) is 2.36. The second kappa shape index (κ2) is 6.04. The van der Waals surface area contributed by atoms with Gasteiger partial charge < -0.3 is 5.73 Å². The zero-order valence-corrected chi connectivity index (χ0v) is 12.8. The Morgan fingerprint density at radius 1 is 1.26 bits per heavy atom. The molecule has 0 aliphatic rings. The van der Waals surface area contributed by atoms with E-state index in [9.17, 15) is 4.39 Å². The predicted molar refractivity (Wildman–Crippen MR) is 80.9 cm³/mol. The summed E-state index contributed by atoms with van der Waals surface area (Å²) in [6.07, 6.45) is 0.508. The van der Waals surface area contributed by atoms with Crippen molar-refractivity contribution >= 4 is 27.5 Å². The second-order valence-corrected chi connectivity index (χ2v) is 5.87. The first kappa shape index (κ1) is 14.5. The molecule has 0 amide bonds. The molecule has 0 saturated carbocycles. The lowest BCUT2D eigenvalue weighted by Crippen LogP contribution is -2.15. The van der Waals surface area contributed by atoms with Crippen LogP contribution in [0.2, 0.25) is 5.02 Å². The fraction of sp³-hybridized carbons (Fsp3) is 0.200. The van der Waals surface area contributed by atoms with Crippen LogP contribution in [0.25, 0.3) is 0 Å². The zero-order valence-electron chi connectivity index (χ0n) is 10.5. The van der Waals surface area contributed by atoms with E-state index in [1.807, 2.05) is 25.1 Å². The van der Waals surface area contributed by atoms with Gasteiger partial charge in [0.15, 0.2) is 0 Å². The smallest absolute Gasteiger partial charge is 0.123 e. The first-order valence-electron chi connectivity index (χ1n) is 5.93. The van der Waals surface area contributed by atoms with Crippen molar-refractivity contribution in [3.05, 3.63) is 68.4 Å². The second-order valence-electron chi connectivity index (χ2n) is 4.55. The summed E-state index contributed by atoms with van der Waals surface area (Å²) < 4.78 is 14.2. The lowest BCUT2D eigenvalue weighted by atomic mass is 9.96. The Bertz CT molecular complexity index is 601. The molecule has 1 atom stereocenters. The SMILES string of the molecule is Cc1ccc(Br)cc1C(N)Cc1cc(F)ccc1Cl. The lowest BCUT2D eigenvalue weighted by Gasteiger charge is -2.16. The molecule has 2 N–H and O–H groups in total. The Kier molecular flexibility index (Phi) is 4.61. The van der Waals surface area contributed by atoms with Crippen molar-refractivity contribution in [2.75, 3.05) is 0 Å². The van der Waals surface area contributed by atoms with Crippen molar-refractivity contribution in [3.8, 4) is 0 Å². The molecule has 2 aromatic carbocycles. The fourth-order valence-corrected chi connectivity index (χ4v) is 2.63. The van der Waals surface area contributed by atoms with E-state index >= 15 is 0 Å². The molecule has 0 bridgehead atoms. The van der Waals surface area contributed by atoms with Gasteiger partial charge in [-0.15, -0.1) is 0 Å². The minimum atomic E-state index is -0.294. The average molecular weight is 343 g/mol. The molecule has 0 radical (unpaired) electrons. The number of aryl methyl sites for hydroxylation is 1. The quantitative estimate of drug-likeness (QED) is 0.852. The number of hydrogen-bond donors (Lipinski definition) is 1. The van der Waals surface area contributed by atoms with Gasteiger partial charge in [0.25, 0.3) is 0 Å². The van der Waals surface area contributed by atoms with Gasteiger partial charge in [-0.05, 0) is 60.4 Å². The van der Waals surface area contributed by atoms with Gasteiger partial charge in [-0.1, -0.05) is 33.6 Å². The number of benzene rings is 2. The zero-order chi connectivity index (χ0) is 14.0. The van der Waals surface area contributed by atoms with Crippen LogP contribution in [0, 0.1) is 12.7 Å². The summed E-state index contributed by atoms with van der Waals surface area (Å²) in [7, 11) is 0. The minimum absolute atomic E-state index is 0.211. The largest absolute Gasteiger partial charge is 0.324 e. The Balaban J connectivity index is 2.27. The van der Waals surface area contributed by atoms with Gasteiger partial charge in [0.2, 0.25) is 0 Å². The molecule has 0 heterocycles. The summed E-state index contributed by atoms with van der Waals surface area (Å²) in [4.78, 5) is 0. The highest BCUT2D eigenvalue weighted by Crippen LogP contribution is 2.26. The van der Waals surface area contributed by atoms with Crippen LogP contribution >= 0.6 is 27.5 Å². The molecule has 0 spiro atoms. The lowest BCUT2D eigenvalue weighted by molar-refractivity contribution is 0.622. The van der Waals surface area contributed by atoms with E-state index in [4.69, 9.17) is 17.3 Å². The van der Waals surface area contributed by atoms with Gasteiger partial charge >= 0.3 is 0 Å². The van der Waals surface area contributed by atoms with Crippen LogP contribution in [0.3, 0.4) is 0 Å².